The summed E-state index contributed by atoms with van der Waals surface area (Å²) in [6.07, 6.45) is 13.2. The third-order valence-corrected chi connectivity index (χ3v) is 17.0. The fraction of sp³-hybridized carbons (Fsp3) is 0.130. The van der Waals surface area contributed by atoms with Crippen LogP contribution in [-0.4, -0.2) is 90.6 Å². The SMILES string of the molecule is Cc1ccc(O)c(C=Nc2ccc(C)c(N=Cc3cc(C)ccc3O)c2)c1.Cc1ccc(O)c(C=Nc2ccc(C)c(N=Cc3cc(C)ccc3O)c2)c1.Cc1ccc(O)c(C=Nc2ccc(C)c(N=Cc3cc(C)ccc3O)c2)c1.Cc1ccc(O)c(C=Nc2ccc(C)c(N=Cc3cc(C)ccc3O)c2)c1. The largest absolute Gasteiger partial charge is 0.507 e. The zero-order chi connectivity index (χ0) is 77.6. The molecule has 12 aromatic rings. The normalized spacial score (nSPS) is 11.5. The molecular formula is C92H88N8O8. The second-order valence-corrected chi connectivity index (χ2v) is 26.4. The van der Waals surface area contributed by atoms with Crippen molar-refractivity contribution in [2.45, 2.75) is 83.1 Å². The van der Waals surface area contributed by atoms with E-state index < -0.39 is 0 Å². The molecule has 544 valence electrons. The quantitative estimate of drug-likeness (QED) is 0.0430. The molecule has 0 spiro atoms. The Balaban J connectivity index is 0.000000166. The molecule has 0 atom stereocenters. The second kappa shape index (κ2) is 37.2. The summed E-state index contributed by atoms with van der Waals surface area (Å²) in [4.78, 5) is 35.9. The first-order valence-corrected chi connectivity index (χ1v) is 34.8. The first kappa shape index (κ1) is 78.5. The van der Waals surface area contributed by atoms with Gasteiger partial charge in [0.05, 0.1) is 45.5 Å². The highest BCUT2D eigenvalue weighted by Crippen LogP contribution is 2.33. The minimum atomic E-state index is 0.199. The van der Waals surface area contributed by atoms with Gasteiger partial charge in [-0.1, -0.05) is 117 Å². The van der Waals surface area contributed by atoms with Crippen LogP contribution in [0.1, 0.15) is 111 Å². The average molecular weight is 1430 g/mol. The smallest absolute Gasteiger partial charge is 0.124 e. The van der Waals surface area contributed by atoms with E-state index in [9.17, 15) is 40.9 Å². The van der Waals surface area contributed by atoms with Gasteiger partial charge in [0.2, 0.25) is 0 Å². The van der Waals surface area contributed by atoms with Crippen molar-refractivity contribution in [1.29, 1.82) is 0 Å². The molecule has 108 heavy (non-hydrogen) atoms. The van der Waals surface area contributed by atoms with Gasteiger partial charge in [0.1, 0.15) is 46.0 Å². The van der Waals surface area contributed by atoms with E-state index in [2.05, 4.69) is 39.9 Å². The lowest BCUT2D eigenvalue weighted by Gasteiger charge is -2.04. The molecule has 16 heteroatoms. The molecule has 0 aliphatic heterocycles. The van der Waals surface area contributed by atoms with E-state index in [-0.39, 0.29) is 46.0 Å². The summed E-state index contributed by atoms with van der Waals surface area (Å²) >= 11 is 0. The maximum atomic E-state index is 9.96. The summed E-state index contributed by atoms with van der Waals surface area (Å²) in [6, 6.07) is 66.1. The lowest BCUT2D eigenvalue weighted by Crippen LogP contribution is -1.85. The summed E-state index contributed by atoms with van der Waals surface area (Å²) in [7, 11) is 0. The van der Waals surface area contributed by atoms with Crippen molar-refractivity contribution in [3.63, 3.8) is 0 Å². The molecule has 0 aliphatic rings. The standard InChI is InChI=1S/4C23H22N2O2/c4*1-15-4-8-22(26)18(10-15)13-24-20-7-6-17(3)21(12-20)25-14-19-11-16(2)5-9-23(19)27/h4*4-14,26-27H,1-3H3. The lowest BCUT2D eigenvalue weighted by molar-refractivity contribution is 0.474. The second-order valence-electron chi connectivity index (χ2n) is 26.4. The molecule has 0 saturated heterocycles. The van der Waals surface area contributed by atoms with Crippen molar-refractivity contribution in [3.05, 3.63) is 330 Å². The van der Waals surface area contributed by atoms with Gasteiger partial charge in [-0.3, -0.25) is 39.9 Å². The Labute approximate surface area is 631 Å². The third-order valence-electron chi connectivity index (χ3n) is 17.0. The summed E-state index contributed by atoms with van der Waals surface area (Å²) in [5.41, 5.74) is 23.9. The maximum Gasteiger partial charge on any atom is 0.124 e. The molecule has 0 aliphatic carbocycles. The van der Waals surface area contributed by atoms with Crippen molar-refractivity contribution in [2.75, 3.05) is 0 Å². The first-order chi connectivity index (χ1) is 51.7. The van der Waals surface area contributed by atoms with Gasteiger partial charge in [0.15, 0.2) is 0 Å². The fourth-order valence-electron chi connectivity index (χ4n) is 10.6. The fourth-order valence-corrected chi connectivity index (χ4v) is 10.6. The number of aryl methyl sites for hydroxylation is 12. The van der Waals surface area contributed by atoms with Crippen molar-refractivity contribution >= 4 is 95.2 Å². The molecule has 0 heterocycles. The van der Waals surface area contributed by atoms with E-state index in [0.29, 0.717) is 44.5 Å². The number of rotatable bonds is 16. The van der Waals surface area contributed by atoms with Gasteiger partial charge < -0.3 is 40.9 Å². The Kier molecular flexibility index (Phi) is 27.1. The number of aliphatic imine (C=N–C) groups is 8. The zero-order valence-corrected chi connectivity index (χ0v) is 62.6. The van der Waals surface area contributed by atoms with Crippen LogP contribution in [0, 0.1) is 83.1 Å². The molecule has 0 aromatic heterocycles. The van der Waals surface area contributed by atoms with E-state index in [1.54, 1.807) is 98.2 Å². The van der Waals surface area contributed by atoms with Crippen LogP contribution in [0.3, 0.4) is 0 Å². The molecule has 0 saturated carbocycles. The summed E-state index contributed by atoms with van der Waals surface area (Å²) in [5.74, 6) is 1.60. The van der Waals surface area contributed by atoms with Crippen LogP contribution in [0.2, 0.25) is 0 Å². The van der Waals surface area contributed by atoms with Gasteiger partial charge >= 0.3 is 0 Å². The average Bonchev–Trinajstić information content (AvgIpc) is 0.864. The molecule has 0 amide bonds. The predicted octanol–water partition coefficient (Wildman–Crippen LogP) is 22.1. The van der Waals surface area contributed by atoms with Gasteiger partial charge in [0, 0.05) is 94.2 Å². The number of hydrogen-bond donors (Lipinski definition) is 8. The van der Waals surface area contributed by atoms with Crippen molar-refractivity contribution in [3.8, 4) is 46.0 Å². The zero-order valence-electron chi connectivity index (χ0n) is 62.6. The van der Waals surface area contributed by atoms with Gasteiger partial charge in [-0.05, 0) is 251 Å². The van der Waals surface area contributed by atoms with Crippen LogP contribution in [-0.2, 0) is 0 Å². The van der Waals surface area contributed by atoms with Crippen LogP contribution in [0.15, 0.2) is 258 Å². The molecule has 0 fully saturated rings. The first-order valence-electron chi connectivity index (χ1n) is 34.8. The number of phenols is 8. The third kappa shape index (κ3) is 23.2. The van der Waals surface area contributed by atoms with Gasteiger partial charge in [-0.25, -0.2) is 0 Å². The van der Waals surface area contributed by atoms with Crippen molar-refractivity contribution in [2.24, 2.45) is 39.9 Å². The highest BCUT2D eigenvalue weighted by molar-refractivity contribution is 5.92. The van der Waals surface area contributed by atoms with Crippen LogP contribution >= 0.6 is 0 Å². The predicted molar refractivity (Wildman–Crippen MR) is 445 cm³/mol. The van der Waals surface area contributed by atoms with Crippen LogP contribution < -0.4 is 0 Å². The number of benzene rings is 12. The van der Waals surface area contributed by atoms with Gasteiger partial charge in [0.25, 0.3) is 0 Å². The Morgan fingerprint density at radius 1 is 0.167 bits per heavy atom. The summed E-state index contributed by atoms with van der Waals surface area (Å²) < 4.78 is 0. The topological polar surface area (TPSA) is 261 Å². The van der Waals surface area contributed by atoms with E-state index in [0.717, 1.165) is 112 Å². The Bertz CT molecular complexity index is 4820. The van der Waals surface area contributed by atoms with Gasteiger partial charge in [-0.15, -0.1) is 0 Å². The maximum absolute atomic E-state index is 9.96. The number of hydrogen-bond acceptors (Lipinski definition) is 16. The Morgan fingerprint density at radius 3 is 0.454 bits per heavy atom. The summed E-state index contributed by atoms with van der Waals surface area (Å²) in [5, 5.41) is 79.6. The molecule has 8 N–H and O–H groups in total. The van der Waals surface area contributed by atoms with Crippen LogP contribution in [0.4, 0.5) is 45.5 Å². The Hall–Kier alpha value is -13.6. The number of nitrogens with zero attached hydrogens (tertiary/aromatic N) is 8. The van der Waals surface area contributed by atoms with E-state index in [1.807, 2.05) is 253 Å². The monoisotopic (exact) mass is 1430 g/mol. The van der Waals surface area contributed by atoms with Crippen LogP contribution in [0.25, 0.3) is 0 Å². The highest BCUT2D eigenvalue weighted by atomic mass is 16.3. The molecule has 0 bridgehead atoms. The molecule has 12 rings (SSSR count). The lowest BCUT2D eigenvalue weighted by atomic mass is 10.1. The van der Waals surface area contributed by atoms with Crippen LogP contribution in [0.5, 0.6) is 46.0 Å². The molecule has 0 unspecified atom stereocenters. The van der Waals surface area contributed by atoms with Crippen molar-refractivity contribution < 1.29 is 40.9 Å². The Morgan fingerprint density at radius 2 is 0.306 bits per heavy atom. The molecule has 12 aromatic carbocycles. The van der Waals surface area contributed by atoms with E-state index >= 15 is 0 Å². The van der Waals surface area contributed by atoms with Gasteiger partial charge in [-0.2, -0.15) is 0 Å². The van der Waals surface area contributed by atoms with E-state index in [1.165, 1.54) is 0 Å². The molecular weight excluding hydrogens is 1350 g/mol. The minimum absolute atomic E-state index is 0.199. The van der Waals surface area contributed by atoms with Crippen molar-refractivity contribution in [1.82, 2.24) is 0 Å². The number of aromatic hydroxyl groups is 8. The highest BCUT2D eigenvalue weighted by Gasteiger charge is 2.09. The number of phenolic OH excluding ortho intramolecular Hbond substituents is 8. The minimum Gasteiger partial charge on any atom is -0.507 e. The summed E-state index contributed by atoms with van der Waals surface area (Å²) in [6.45, 7) is 23.7. The molecule has 16 nitrogen and oxygen atoms in total. The van der Waals surface area contributed by atoms with E-state index in [4.69, 9.17) is 0 Å². The molecule has 0 radical (unpaired) electrons.